The summed E-state index contributed by atoms with van der Waals surface area (Å²) in [7, 11) is 1.60. The van der Waals surface area contributed by atoms with Crippen LogP contribution in [0.1, 0.15) is 26.6 Å². The molecule has 3 aromatic heterocycles. The number of fused-ring (bicyclic) bond motifs is 1. The van der Waals surface area contributed by atoms with Crippen molar-refractivity contribution in [2.45, 2.75) is 32.1 Å². The van der Waals surface area contributed by atoms with E-state index in [1.807, 2.05) is 44.2 Å². The number of carbonyl (C=O) groups excluding carboxylic acids is 1. The molecule has 0 aliphatic carbocycles. The first-order valence-electron chi connectivity index (χ1n) is 10.3. The zero-order valence-corrected chi connectivity index (χ0v) is 20.0. The molecule has 0 saturated heterocycles. The van der Waals surface area contributed by atoms with Crippen molar-refractivity contribution < 1.29 is 9.53 Å². The maximum atomic E-state index is 13.1. The monoisotopic (exact) mass is 467 g/mol. The second-order valence-corrected chi connectivity index (χ2v) is 9.50. The van der Waals surface area contributed by atoms with E-state index < -0.39 is 0 Å². The summed E-state index contributed by atoms with van der Waals surface area (Å²) in [4.78, 5) is 32.0. The van der Waals surface area contributed by atoms with Crippen LogP contribution in [0.15, 0.2) is 57.8 Å². The van der Waals surface area contributed by atoms with Gasteiger partial charge < -0.3 is 9.30 Å². The lowest BCUT2D eigenvalue weighted by molar-refractivity contribution is 0.102. The summed E-state index contributed by atoms with van der Waals surface area (Å²) in [5, 5.41) is 3.16. The first-order valence-corrected chi connectivity index (χ1v) is 12.2. The van der Waals surface area contributed by atoms with Gasteiger partial charge in [0.05, 0.1) is 36.4 Å². The van der Waals surface area contributed by atoms with Gasteiger partial charge in [0, 0.05) is 28.9 Å². The van der Waals surface area contributed by atoms with Crippen LogP contribution in [0.5, 0.6) is 0 Å². The molecule has 0 saturated carbocycles. The summed E-state index contributed by atoms with van der Waals surface area (Å²) in [6.07, 6.45) is 0. The number of benzene rings is 1. The minimum absolute atomic E-state index is 0.0289. The van der Waals surface area contributed by atoms with E-state index >= 15 is 0 Å². The summed E-state index contributed by atoms with van der Waals surface area (Å²) in [6, 6.07) is 13.4. The van der Waals surface area contributed by atoms with Crippen molar-refractivity contribution in [3.63, 3.8) is 0 Å². The second-order valence-electron chi connectivity index (χ2n) is 7.52. The molecule has 0 atom stereocenters. The third kappa shape index (κ3) is 4.57. The van der Waals surface area contributed by atoms with Gasteiger partial charge in [0.1, 0.15) is 0 Å². The SMILES string of the molecule is COCCn1c(SCC(=O)c2cc(C)n(Cc3cccs3)c2C)nc2ccccc2c1=O. The normalized spacial score (nSPS) is 11.3. The molecule has 0 aliphatic rings. The zero-order chi connectivity index (χ0) is 22.7. The first-order chi connectivity index (χ1) is 15.5. The molecule has 6 nitrogen and oxygen atoms in total. The van der Waals surface area contributed by atoms with Gasteiger partial charge in [0.15, 0.2) is 10.9 Å². The van der Waals surface area contributed by atoms with Gasteiger partial charge in [-0.25, -0.2) is 4.98 Å². The lowest BCUT2D eigenvalue weighted by Gasteiger charge is -2.12. The van der Waals surface area contributed by atoms with Crippen LogP contribution in [-0.2, 0) is 17.8 Å². The van der Waals surface area contributed by atoms with E-state index in [0.29, 0.717) is 29.2 Å². The van der Waals surface area contributed by atoms with E-state index in [9.17, 15) is 9.59 Å². The van der Waals surface area contributed by atoms with Crippen molar-refractivity contribution in [3.8, 4) is 0 Å². The quantitative estimate of drug-likeness (QED) is 0.205. The fourth-order valence-corrected chi connectivity index (χ4v) is 5.33. The molecule has 0 fully saturated rings. The number of Topliss-reactive ketones (excluding diaryl/α,β-unsaturated/α-hetero) is 1. The fraction of sp³-hybridized carbons (Fsp3) is 0.292. The molecule has 0 unspecified atom stereocenters. The molecule has 1 aromatic carbocycles. The minimum atomic E-state index is -0.114. The molecule has 4 aromatic rings. The molecule has 0 amide bonds. The van der Waals surface area contributed by atoms with Crippen LogP contribution in [0, 0.1) is 13.8 Å². The lowest BCUT2D eigenvalue weighted by Crippen LogP contribution is -2.25. The first kappa shape index (κ1) is 22.5. The number of carbonyl (C=O) groups is 1. The van der Waals surface area contributed by atoms with Gasteiger partial charge >= 0.3 is 0 Å². The van der Waals surface area contributed by atoms with Gasteiger partial charge in [0.2, 0.25) is 0 Å². The summed E-state index contributed by atoms with van der Waals surface area (Å²) in [5.74, 6) is 0.238. The molecule has 0 aliphatic heterocycles. The standard InChI is InChI=1S/C24H25N3O3S2/c1-16-13-20(17(2)27(16)14-18-7-6-12-31-18)22(28)15-32-24-25-21-9-5-4-8-19(21)23(29)26(24)10-11-30-3/h4-9,12-13H,10-11,14-15H2,1-3H3. The van der Waals surface area contributed by atoms with E-state index in [1.54, 1.807) is 29.1 Å². The number of para-hydroxylation sites is 1. The molecule has 166 valence electrons. The van der Waals surface area contributed by atoms with Crippen LogP contribution in [0.4, 0.5) is 0 Å². The molecule has 0 spiro atoms. The number of ketones is 1. The topological polar surface area (TPSA) is 66.1 Å². The molecular weight excluding hydrogens is 442 g/mol. The van der Waals surface area contributed by atoms with Crippen molar-refractivity contribution in [2.75, 3.05) is 19.5 Å². The highest BCUT2D eigenvalue weighted by atomic mass is 32.2. The molecule has 32 heavy (non-hydrogen) atoms. The van der Waals surface area contributed by atoms with Crippen LogP contribution in [0.25, 0.3) is 10.9 Å². The Balaban J connectivity index is 1.58. The van der Waals surface area contributed by atoms with Crippen molar-refractivity contribution in [2.24, 2.45) is 0 Å². The maximum absolute atomic E-state index is 13.1. The predicted molar refractivity (Wildman–Crippen MR) is 130 cm³/mol. The number of nitrogens with zero attached hydrogens (tertiary/aromatic N) is 3. The van der Waals surface area contributed by atoms with Gasteiger partial charge in [-0.15, -0.1) is 11.3 Å². The van der Waals surface area contributed by atoms with Crippen LogP contribution < -0.4 is 5.56 Å². The molecule has 0 N–H and O–H groups in total. The van der Waals surface area contributed by atoms with Gasteiger partial charge in [-0.3, -0.25) is 14.2 Å². The van der Waals surface area contributed by atoms with E-state index in [4.69, 9.17) is 4.74 Å². The highest BCUT2D eigenvalue weighted by Gasteiger charge is 2.18. The average molecular weight is 468 g/mol. The number of thioether (sulfide) groups is 1. The highest BCUT2D eigenvalue weighted by molar-refractivity contribution is 7.99. The predicted octanol–water partition coefficient (Wildman–Crippen LogP) is 4.55. The number of aromatic nitrogens is 3. The summed E-state index contributed by atoms with van der Waals surface area (Å²) < 4.78 is 8.95. The fourth-order valence-electron chi connectivity index (χ4n) is 3.73. The number of aryl methyl sites for hydroxylation is 1. The third-order valence-electron chi connectivity index (χ3n) is 5.45. The summed E-state index contributed by atoms with van der Waals surface area (Å²) in [5.41, 5.74) is 3.26. The van der Waals surface area contributed by atoms with Gasteiger partial charge in [-0.2, -0.15) is 0 Å². The van der Waals surface area contributed by atoms with Gasteiger partial charge in [0.25, 0.3) is 5.56 Å². The number of thiophene rings is 1. The Morgan fingerprint density at radius 2 is 1.97 bits per heavy atom. The van der Waals surface area contributed by atoms with Gasteiger partial charge in [-0.1, -0.05) is 30.0 Å². The smallest absolute Gasteiger partial charge is 0.262 e. The summed E-state index contributed by atoms with van der Waals surface area (Å²) in [6.45, 7) is 5.56. The molecule has 0 radical (unpaired) electrons. The van der Waals surface area contributed by atoms with Crippen molar-refractivity contribution in [3.05, 3.63) is 80.0 Å². The molecule has 3 heterocycles. The number of hydrogen-bond acceptors (Lipinski definition) is 6. The number of methoxy groups -OCH3 is 1. The van der Waals surface area contributed by atoms with E-state index in [0.717, 1.165) is 23.5 Å². The number of rotatable bonds is 9. The van der Waals surface area contributed by atoms with Crippen LogP contribution in [-0.4, -0.2) is 39.4 Å². The Hall–Kier alpha value is -2.68. The van der Waals surface area contributed by atoms with Crippen molar-refractivity contribution in [1.29, 1.82) is 0 Å². The Morgan fingerprint density at radius 1 is 1.16 bits per heavy atom. The molecule has 8 heteroatoms. The van der Waals surface area contributed by atoms with E-state index in [2.05, 4.69) is 21.0 Å². The van der Waals surface area contributed by atoms with E-state index in [1.165, 1.54) is 16.6 Å². The van der Waals surface area contributed by atoms with Crippen molar-refractivity contribution in [1.82, 2.24) is 14.1 Å². The number of ether oxygens (including phenoxy) is 1. The third-order valence-corrected chi connectivity index (χ3v) is 7.28. The Bertz CT molecular complexity index is 1310. The maximum Gasteiger partial charge on any atom is 0.262 e. The van der Waals surface area contributed by atoms with Crippen LogP contribution in [0.3, 0.4) is 0 Å². The Labute approximate surface area is 194 Å². The number of hydrogen-bond donors (Lipinski definition) is 0. The molecule has 0 bridgehead atoms. The van der Waals surface area contributed by atoms with Crippen LogP contribution >= 0.6 is 23.1 Å². The van der Waals surface area contributed by atoms with E-state index in [-0.39, 0.29) is 17.1 Å². The lowest BCUT2D eigenvalue weighted by atomic mass is 10.2. The second kappa shape index (κ2) is 9.85. The van der Waals surface area contributed by atoms with Crippen LogP contribution in [0.2, 0.25) is 0 Å². The summed E-state index contributed by atoms with van der Waals surface area (Å²) >= 11 is 3.01. The minimum Gasteiger partial charge on any atom is -0.383 e. The average Bonchev–Trinajstić information content (AvgIpc) is 3.41. The van der Waals surface area contributed by atoms with Crippen molar-refractivity contribution >= 4 is 39.8 Å². The molecular formula is C24H25N3O3S2. The Morgan fingerprint density at radius 3 is 2.72 bits per heavy atom. The molecule has 4 rings (SSSR count). The zero-order valence-electron chi connectivity index (χ0n) is 18.3. The van der Waals surface area contributed by atoms with Gasteiger partial charge in [-0.05, 0) is 43.5 Å². The Kier molecular flexibility index (Phi) is 6.93. The highest BCUT2D eigenvalue weighted by Crippen LogP contribution is 2.23. The largest absolute Gasteiger partial charge is 0.383 e.